The lowest BCUT2D eigenvalue weighted by Crippen LogP contribution is -2.48. The minimum atomic E-state index is -4.07. The number of benzene rings is 2. The van der Waals surface area contributed by atoms with Gasteiger partial charge in [0.05, 0.1) is 30.7 Å². The highest BCUT2D eigenvalue weighted by Gasteiger charge is 2.36. The predicted molar refractivity (Wildman–Crippen MR) is 114 cm³/mol. The first-order valence-corrected chi connectivity index (χ1v) is 11.4. The van der Waals surface area contributed by atoms with E-state index in [1.807, 2.05) is 6.07 Å². The Hall–Kier alpha value is -3.09. The third-order valence-electron chi connectivity index (χ3n) is 5.21. The molecule has 1 amide bonds. The summed E-state index contributed by atoms with van der Waals surface area (Å²) in [5.41, 5.74) is 0.882. The first-order chi connectivity index (χ1) is 14.9. The molecule has 0 spiro atoms. The van der Waals surface area contributed by atoms with Gasteiger partial charge in [0.25, 0.3) is 0 Å². The molecule has 1 fully saturated rings. The van der Waals surface area contributed by atoms with E-state index in [-0.39, 0.29) is 22.9 Å². The number of nitrogens with zero attached hydrogens (tertiary/aromatic N) is 2. The summed E-state index contributed by atoms with van der Waals surface area (Å²) in [6.07, 6.45) is 1.92. The average Bonchev–Trinajstić information content (AvgIpc) is 3.01. The highest BCUT2D eigenvalue weighted by molar-refractivity contribution is 7.89. The second kappa shape index (κ2) is 9.81. The van der Waals surface area contributed by atoms with E-state index >= 15 is 0 Å². The Kier molecular flexibility index (Phi) is 7.15. The van der Waals surface area contributed by atoms with E-state index in [0.29, 0.717) is 30.0 Å². The van der Waals surface area contributed by atoms with Crippen LogP contribution in [0.25, 0.3) is 0 Å². The summed E-state index contributed by atoms with van der Waals surface area (Å²) in [5, 5.41) is 12.0. The lowest BCUT2D eigenvalue weighted by molar-refractivity contribution is -0.124. The van der Waals surface area contributed by atoms with Crippen LogP contribution in [0.3, 0.4) is 0 Å². The molecule has 2 aromatic rings. The fourth-order valence-electron chi connectivity index (χ4n) is 3.58. The van der Waals surface area contributed by atoms with Crippen LogP contribution in [-0.2, 0) is 21.4 Å². The third-order valence-corrected chi connectivity index (χ3v) is 7.06. The maximum atomic E-state index is 13.6. The van der Waals surface area contributed by atoms with Crippen molar-refractivity contribution in [2.75, 3.05) is 20.8 Å². The van der Waals surface area contributed by atoms with Crippen LogP contribution in [0.5, 0.6) is 11.5 Å². The van der Waals surface area contributed by atoms with Crippen molar-refractivity contribution >= 4 is 15.9 Å². The van der Waals surface area contributed by atoms with Gasteiger partial charge in [-0.05, 0) is 55.2 Å². The number of rotatable bonds is 7. The number of hydrogen-bond donors (Lipinski definition) is 1. The Labute approximate surface area is 182 Å². The Morgan fingerprint density at radius 3 is 2.61 bits per heavy atom. The number of nitriles is 1. The van der Waals surface area contributed by atoms with E-state index in [9.17, 15) is 18.5 Å². The summed E-state index contributed by atoms with van der Waals surface area (Å²) in [6, 6.07) is 12.1. The van der Waals surface area contributed by atoms with Crippen LogP contribution in [0.4, 0.5) is 0 Å². The van der Waals surface area contributed by atoms with Crippen LogP contribution in [-0.4, -0.2) is 45.4 Å². The summed E-state index contributed by atoms with van der Waals surface area (Å²) in [4.78, 5) is 12.7. The molecule has 1 saturated heterocycles. The maximum absolute atomic E-state index is 13.6. The zero-order chi connectivity index (χ0) is 22.4. The molecule has 0 bridgehead atoms. The lowest BCUT2D eigenvalue weighted by Gasteiger charge is -2.29. The number of nitrogens with one attached hydrogen (secondary N) is 1. The van der Waals surface area contributed by atoms with Gasteiger partial charge in [0.15, 0.2) is 11.5 Å². The Morgan fingerprint density at radius 2 is 1.90 bits per heavy atom. The molecule has 0 radical (unpaired) electrons. The molecule has 1 aliphatic rings. The van der Waals surface area contributed by atoms with Gasteiger partial charge in [-0.1, -0.05) is 12.1 Å². The monoisotopic (exact) mass is 443 g/mol. The van der Waals surface area contributed by atoms with Crippen molar-refractivity contribution in [2.24, 2.45) is 0 Å². The van der Waals surface area contributed by atoms with Crippen molar-refractivity contribution in [3.8, 4) is 17.6 Å². The number of amides is 1. The first kappa shape index (κ1) is 22.6. The topological polar surface area (TPSA) is 109 Å². The van der Waals surface area contributed by atoms with Crippen molar-refractivity contribution in [3.63, 3.8) is 0 Å². The van der Waals surface area contributed by atoms with Crippen LogP contribution >= 0.6 is 0 Å². The quantitative estimate of drug-likeness (QED) is 0.704. The van der Waals surface area contributed by atoms with Gasteiger partial charge in [-0.3, -0.25) is 4.79 Å². The standard InChI is InChI=1S/C22H25N3O5S/c1-29-20-10-9-17(13-21(20)30-2)15-25(19-8-3-4-11-24-22(19)26)31(27,28)18-7-5-6-16(12-18)14-23/h5-7,9-10,12-13,19H,3-4,8,11,15H2,1-2H3,(H,24,26). The summed E-state index contributed by atoms with van der Waals surface area (Å²) in [7, 11) is -1.04. The molecule has 0 aliphatic carbocycles. The van der Waals surface area contributed by atoms with E-state index in [1.54, 1.807) is 18.2 Å². The molecular weight excluding hydrogens is 418 g/mol. The molecule has 1 heterocycles. The summed E-state index contributed by atoms with van der Waals surface area (Å²) in [5.74, 6) is 0.668. The van der Waals surface area contributed by atoms with Gasteiger partial charge in [0.1, 0.15) is 6.04 Å². The Morgan fingerprint density at radius 1 is 1.13 bits per heavy atom. The SMILES string of the molecule is COc1ccc(CN(C2CCCCNC2=O)S(=O)(=O)c2cccc(C#N)c2)cc1OC. The zero-order valence-corrected chi connectivity index (χ0v) is 18.3. The lowest BCUT2D eigenvalue weighted by atomic mass is 10.1. The van der Waals surface area contributed by atoms with Crippen LogP contribution in [0, 0.1) is 11.3 Å². The molecule has 8 nitrogen and oxygen atoms in total. The molecule has 164 valence electrons. The third kappa shape index (κ3) is 4.98. The largest absolute Gasteiger partial charge is 0.493 e. The molecule has 1 N–H and O–H groups in total. The van der Waals surface area contributed by atoms with Gasteiger partial charge >= 0.3 is 0 Å². The predicted octanol–water partition coefficient (Wildman–Crippen LogP) is 2.44. The van der Waals surface area contributed by atoms with Gasteiger partial charge < -0.3 is 14.8 Å². The molecule has 1 atom stereocenters. The zero-order valence-electron chi connectivity index (χ0n) is 17.5. The van der Waals surface area contributed by atoms with Crippen molar-refractivity contribution in [1.29, 1.82) is 5.26 Å². The number of sulfonamides is 1. The molecule has 9 heteroatoms. The fraction of sp³-hybridized carbons (Fsp3) is 0.364. The van der Waals surface area contributed by atoms with Crippen LogP contribution in [0.2, 0.25) is 0 Å². The van der Waals surface area contributed by atoms with Gasteiger partial charge in [-0.2, -0.15) is 9.57 Å². The van der Waals surface area contributed by atoms with Crippen LogP contribution in [0.15, 0.2) is 47.4 Å². The number of carbonyl (C=O) groups is 1. The number of methoxy groups -OCH3 is 2. The molecule has 1 unspecified atom stereocenters. The van der Waals surface area contributed by atoms with E-state index in [0.717, 1.165) is 12.8 Å². The fourth-order valence-corrected chi connectivity index (χ4v) is 5.23. The van der Waals surface area contributed by atoms with Gasteiger partial charge in [0, 0.05) is 13.1 Å². The van der Waals surface area contributed by atoms with Crippen molar-refractivity contribution in [2.45, 2.75) is 36.7 Å². The number of ether oxygens (including phenoxy) is 2. The first-order valence-electron chi connectivity index (χ1n) is 9.91. The van der Waals surface area contributed by atoms with Crippen LogP contribution in [0.1, 0.15) is 30.4 Å². The minimum absolute atomic E-state index is 0.0240. The van der Waals surface area contributed by atoms with Crippen molar-refractivity contribution in [1.82, 2.24) is 9.62 Å². The smallest absolute Gasteiger partial charge is 0.244 e. The second-order valence-corrected chi connectivity index (χ2v) is 9.07. The minimum Gasteiger partial charge on any atom is -0.493 e. The average molecular weight is 444 g/mol. The number of hydrogen-bond acceptors (Lipinski definition) is 6. The molecule has 0 aromatic heterocycles. The van der Waals surface area contributed by atoms with Crippen LogP contribution < -0.4 is 14.8 Å². The molecule has 3 rings (SSSR count). The molecule has 31 heavy (non-hydrogen) atoms. The second-order valence-electron chi connectivity index (χ2n) is 7.18. The summed E-state index contributed by atoms with van der Waals surface area (Å²) < 4.78 is 39.0. The number of carbonyl (C=O) groups excluding carboxylic acids is 1. The Balaban J connectivity index is 2.06. The van der Waals surface area contributed by atoms with E-state index < -0.39 is 16.1 Å². The van der Waals surface area contributed by atoms with Crippen molar-refractivity contribution in [3.05, 3.63) is 53.6 Å². The van der Waals surface area contributed by atoms with Gasteiger partial charge in [-0.15, -0.1) is 0 Å². The van der Waals surface area contributed by atoms with Gasteiger partial charge in [-0.25, -0.2) is 8.42 Å². The van der Waals surface area contributed by atoms with Crippen molar-refractivity contribution < 1.29 is 22.7 Å². The summed E-state index contributed by atoms with van der Waals surface area (Å²) in [6.45, 7) is 0.487. The van der Waals surface area contributed by atoms with E-state index in [4.69, 9.17) is 9.47 Å². The Bertz CT molecular complexity index is 1090. The maximum Gasteiger partial charge on any atom is 0.244 e. The van der Waals surface area contributed by atoms with E-state index in [2.05, 4.69) is 5.32 Å². The highest BCUT2D eigenvalue weighted by atomic mass is 32.2. The molecular formula is C22H25N3O5S. The van der Waals surface area contributed by atoms with Gasteiger partial charge in [0.2, 0.25) is 15.9 Å². The molecule has 0 saturated carbocycles. The molecule has 1 aliphatic heterocycles. The van der Waals surface area contributed by atoms with E-state index in [1.165, 1.54) is 42.8 Å². The normalized spacial score (nSPS) is 16.8. The molecule has 2 aromatic carbocycles. The summed E-state index contributed by atoms with van der Waals surface area (Å²) >= 11 is 0. The highest BCUT2D eigenvalue weighted by Crippen LogP contribution is 2.30.